The van der Waals surface area contributed by atoms with Crippen LogP contribution in [0.25, 0.3) is 0 Å². The van der Waals surface area contributed by atoms with Crippen LogP contribution in [0.2, 0.25) is 5.02 Å². The lowest BCUT2D eigenvalue weighted by molar-refractivity contribution is -0.141. The molecule has 2 saturated heterocycles. The lowest BCUT2D eigenvalue weighted by atomic mass is 9.84. The van der Waals surface area contributed by atoms with Crippen molar-refractivity contribution in [2.75, 3.05) is 19.6 Å². The quantitative estimate of drug-likeness (QED) is 0.753. The molecular weight excluding hydrogens is 382 g/mol. The zero-order valence-electron chi connectivity index (χ0n) is 15.6. The first-order chi connectivity index (χ1) is 13.3. The van der Waals surface area contributed by atoms with Gasteiger partial charge in [-0.1, -0.05) is 36.6 Å². The van der Waals surface area contributed by atoms with Gasteiger partial charge in [0, 0.05) is 18.1 Å². The van der Waals surface area contributed by atoms with Gasteiger partial charge in [0.2, 0.25) is 5.91 Å². The predicted molar refractivity (Wildman–Crippen MR) is 103 cm³/mol. The SMILES string of the molecule is O=C(CN1C(=O)NC2(CCCC2)C1=O)N1CCC(O)(c2ccc(Cl)cc2)CC1. The van der Waals surface area contributed by atoms with E-state index >= 15 is 0 Å². The number of nitrogens with zero attached hydrogens (tertiary/aromatic N) is 2. The minimum absolute atomic E-state index is 0.244. The molecule has 0 unspecified atom stereocenters. The number of hydrogen-bond donors (Lipinski definition) is 2. The monoisotopic (exact) mass is 405 g/mol. The average Bonchev–Trinajstić information content (AvgIpc) is 3.23. The second-order valence-electron chi connectivity index (χ2n) is 8.03. The zero-order chi connectivity index (χ0) is 19.9. The Bertz CT molecular complexity index is 796. The van der Waals surface area contributed by atoms with Crippen molar-refractivity contribution in [1.82, 2.24) is 15.1 Å². The maximum Gasteiger partial charge on any atom is 0.325 e. The maximum absolute atomic E-state index is 12.7. The number of imide groups is 1. The van der Waals surface area contributed by atoms with Gasteiger partial charge in [-0.05, 0) is 43.4 Å². The summed E-state index contributed by atoms with van der Waals surface area (Å²) >= 11 is 5.91. The number of amides is 4. The number of aliphatic hydroxyl groups is 1. The van der Waals surface area contributed by atoms with Gasteiger partial charge in [-0.25, -0.2) is 4.79 Å². The summed E-state index contributed by atoms with van der Waals surface area (Å²) < 4.78 is 0. The molecule has 1 spiro atoms. The number of hydrogen-bond acceptors (Lipinski definition) is 4. The predicted octanol–water partition coefficient (Wildman–Crippen LogP) is 2.01. The zero-order valence-corrected chi connectivity index (χ0v) is 16.4. The third-order valence-corrected chi connectivity index (χ3v) is 6.57. The van der Waals surface area contributed by atoms with Crippen molar-refractivity contribution < 1.29 is 19.5 Å². The van der Waals surface area contributed by atoms with E-state index in [0.717, 1.165) is 23.3 Å². The van der Waals surface area contributed by atoms with Crippen molar-refractivity contribution in [3.8, 4) is 0 Å². The molecule has 2 aliphatic heterocycles. The van der Waals surface area contributed by atoms with Gasteiger partial charge in [0.15, 0.2) is 0 Å². The Balaban J connectivity index is 1.37. The molecule has 1 saturated carbocycles. The lowest BCUT2D eigenvalue weighted by Crippen LogP contribution is -2.49. The summed E-state index contributed by atoms with van der Waals surface area (Å²) in [5.41, 5.74) is -1.02. The number of halogens is 1. The Hall–Kier alpha value is -2.12. The third-order valence-electron chi connectivity index (χ3n) is 6.32. The molecule has 28 heavy (non-hydrogen) atoms. The Kier molecular flexibility index (Phi) is 4.83. The van der Waals surface area contributed by atoms with Gasteiger partial charge in [0.1, 0.15) is 12.1 Å². The number of urea groups is 1. The first-order valence-electron chi connectivity index (χ1n) is 9.73. The molecule has 1 aromatic carbocycles. The largest absolute Gasteiger partial charge is 0.385 e. The van der Waals surface area contributed by atoms with Crippen molar-refractivity contribution in [2.45, 2.75) is 49.7 Å². The summed E-state index contributed by atoms with van der Waals surface area (Å²) in [7, 11) is 0. The van der Waals surface area contributed by atoms with E-state index in [9.17, 15) is 19.5 Å². The molecule has 1 aliphatic carbocycles. The minimum atomic E-state index is -1.00. The molecular formula is C20H24ClN3O4. The van der Waals surface area contributed by atoms with E-state index in [2.05, 4.69) is 5.32 Å². The van der Waals surface area contributed by atoms with Gasteiger partial charge in [0.25, 0.3) is 5.91 Å². The van der Waals surface area contributed by atoms with Gasteiger partial charge in [-0.3, -0.25) is 14.5 Å². The van der Waals surface area contributed by atoms with Crippen LogP contribution in [-0.2, 0) is 15.2 Å². The molecule has 4 amide bonds. The third kappa shape index (κ3) is 3.26. The van der Waals surface area contributed by atoms with Crippen molar-refractivity contribution in [1.29, 1.82) is 0 Å². The van der Waals surface area contributed by atoms with Crippen LogP contribution >= 0.6 is 11.6 Å². The fourth-order valence-corrected chi connectivity index (χ4v) is 4.67. The van der Waals surface area contributed by atoms with Crippen LogP contribution in [0.1, 0.15) is 44.1 Å². The fourth-order valence-electron chi connectivity index (χ4n) is 4.55. The van der Waals surface area contributed by atoms with Crippen molar-refractivity contribution >= 4 is 29.4 Å². The van der Waals surface area contributed by atoms with E-state index in [1.807, 2.05) is 0 Å². The molecule has 3 fully saturated rings. The molecule has 4 rings (SSSR count). The van der Waals surface area contributed by atoms with Gasteiger partial charge in [0.05, 0.1) is 5.60 Å². The maximum atomic E-state index is 12.7. The molecule has 3 aliphatic rings. The van der Waals surface area contributed by atoms with E-state index in [1.165, 1.54) is 0 Å². The first kappa shape index (κ1) is 19.2. The highest BCUT2D eigenvalue weighted by molar-refractivity contribution is 6.30. The van der Waals surface area contributed by atoms with Crippen LogP contribution in [0.3, 0.4) is 0 Å². The molecule has 0 aromatic heterocycles. The van der Waals surface area contributed by atoms with Crippen LogP contribution in [-0.4, -0.2) is 57.9 Å². The Morgan fingerprint density at radius 1 is 1.07 bits per heavy atom. The highest BCUT2D eigenvalue weighted by Crippen LogP contribution is 2.36. The highest BCUT2D eigenvalue weighted by atomic mass is 35.5. The van der Waals surface area contributed by atoms with Crippen LogP contribution in [0.5, 0.6) is 0 Å². The number of benzene rings is 1. The van der Waals surface area contributed by atoms with Gasteiger partial charge in [-0.2, -0.15) is 0 Å². The average molecular weight is 406 g/mol. The van der Waals surface area contributed by atoms with Crippen molar-refractivity contribution in [3.63, 3.8) is 0 Å². The minimum Gasteiger partial charge on any atom is -0.385 e. The van der Waals surface area contributed by atoms with Crippen LogP contribution in [0.4, 0.5) is 4.79 Å². The van der Waals surface area contributed by atoms with E-state index in [0.29, 0.717) is 43.8 Å². The van der Waals surface area contributed by atoms with Gasteiger partial charge < -0.3 is 15.3 Å². The number of likely N-dealkylation sites (tertiary alicyclic amines) is 1. The van der Waals surface area contributed by atoms with Crippen LogP contribution in [0, 0.1) is 0 Å². The van der Waals surface area contributed by atoms with E-state index in [1.54, 1.807) is 29.2 Å². The molecule has 2 heterocycles. The smallest absolute Gasteiger partial charge is 0.325 e. The molecule has 0 atom stereocenters. The number of carbonyl (C=O) groups excluding carboxylic acids is 3. The molecule has 7 nitrogen and oxygen atoms in total. The van der Waals surface area contributed by atoms with E-state index in [-0.39, 0.29) is 18.4 Å². The number of piperidine rings is 1. The molecule has 8 heteroatoms. The standard InChI is InChI=1S/C20H24ClN3O4/c21-15-5-3-14(4-6-15)20(28)9-11-23(12-10-20)16(25)13-24-17(26)19(22-18(24)27)7-1-2-8-19/h3-6,28H,1-2,7-13H2,(H,22,27). The van der Waals surface area contributed by atoms with Gasteiger partial charge >= 0.3 is 6.03 Å². The molecule has 2 N–H and O–H groups in total. The second kappa shape index (κ2) is 7.04. The highest BCUT2D eigenvalue weighted by Gasteiger charge is 2.53. The topological polar surface area (TPSA) is 90.0 Å². The van der Waals surface area contributed by atoms with Crippen LogP contribution < -0.4 is 5.32 Å². The summed E-state index contributed by atoms with van der Waals surface area (Å²) in [5, 5.41) is 14.3. The second-order valence-corrected chi connectivity index (χ2v) is 8.47. The number of nitrogens with one attached hydrogen (secondary N) is 1. The first-order valence-corrected chi connectivity index (χ1v) is 10.1. The fraction of sp³-hybridized carbons (Fsp3) is 0.550. The van der Waals surface area contributed by atoms with E-state index in [4.69, 9.17) is 11.6 Å². The van der Waals surface area contributed by atoms with Crippen molar-refractivity contribution in [2.24, 2.45) is 0 Å². The molecule has 0 radical (unpaired) electrons. The van der Waals surface area contributed by atoms with Crippen LogP contribution in [0.15, 0.2) is 24.3 Å². The molecule has 150 valence electrons. The van der Waals surface area contributed by atoms with E-state index < -0.39 is 17.2 Å². The Labute approximate surface area is 168 Å². The molecule has 0 bridgehead atoms. The van der Waals surface area contributed by atoms with Crippen molar-refractivity contribution in [3.05, 3.63) is 34.9 Å². The number of rotatable bonds is 3. The normalized spacial score (nSPS) is 23.4. The summed E-state index contributed by atoms with van der Waals surface area (Å²) in [5.74, 6) is -0.547. The summed E-state index contributed by atoms with van der Waals surface area (Å²) in [6, 6.07) is 6.60. The summed E-state index contributed by atoms with van der Waals surface area (Å²) in [6.45, 7) is 0.491. The lowest BCUT2D eigenvalue weighted by Gasteiger charge is -2.39. The Morgan fingerprint density at radius 3 is 2.29 bits per heavy atom. The molecule has 1 aromatic rings. The number of carbonyl (C=O) groups is 3. The summed E-state index contributed by atoms with van der Waals surface area (Å²) in [4.78, 5) is 40.3. The Morgan fingerprint density at radius 2 is 1.68 bits per heavy atom. The van der Waals surface area contributed by atoms with Gasteiger partial charge in [-0.15, -0.1) is 0 Å². The summed E-state index contributed by atoms with van der Waals surface area (Å²) in [6.07, 6.45) is 3.88.